The van der Waals surface area contributed by atoms with Gasteiger partial charge in [-0.15, -0.1) is 0 Å². The molecule has 11 heteroatoms. The van der Waals surface area contributed by atoms with Gasteiger partial charge in [-0.2, -0.15) is 18.3 Å². The summed E-state index contributed by atoms with van der Waals surface area (Å²) in [4.78, 5) is 23.7. The van der Waals surface area contributed by atoms with Crippen molar-refractivity contribution in [2.75, 3.05) is 30.8 Å². The molecule has 0 bridgehead atoms. The van der Waals surface area contributed by atoms with Crippen LogP contribution >= 0.6 is 11.8 Å². The van der Waals surface area contributed by atoms with Gasteiger partial charge in [0.15, 0.2) is 10.8 Å². The van der Waals surface area contributed by atoms with Crippen LogP contribution in [0.2, 0.25) is 0 Å². The molecule has 1 amide bonds. The molecular formula is C20H21F3N6OS. The maximum absolute atomic E-state index is 12.7. The minimum absolute atomic E-state index is 0.168. The lowest BCUT2D eigenvalue weighted by atomic mass is 10.1. The quantitative estimate of drug-likeness (QED) is 0.457. The molecule has 0 saturated carbocycles. The van der Waals surface area contributed by atoms with E-state index in [1.54, 1.807) is 10.9 Å². The number of nitrogens with one attached hydrogen (secondary N) is 1. The second-order valence-corrected chi connectivity index (χ2v) is 7.94. The van der Waals surface area contributed by atoms with E-state index in [2.05, 4.69) is 25.3 Å². The Balaban J connectivity index is 1.45. The molecule has 31 heavy (non-hydrogen) atoms. The van der Waals surface area contributed by atoms with Gasteiger partial charge >= 0.3 is 6.18 Å². The predicted molar refractivity (Wildman–Crippen MR) is 112 cm³/mol. The molecule has 4 rings (SSSR count). The van der Waals surface area contributed by atoms with Gasteiger partial charge < -0.3 is 10.2 Å². The molecule has 1 aromatic carbocycles. The van der Waals surface area contributed by atoms with Gasteiger partial charge in [0.2, 0.25) is 0 Å². The normalized spacial score (nSPS) is 14.4. The van der Waals surface area contributed by atoms with Gasteiger partial charge in [-0.3, -0.25) is 4.79 Å². The third kappa shape index (κ3) is 4.60. The summed E-state index contributed by atoms with van der Waals surface area (Å²) in [5.74, 6) is 0.439. The monoisotopic (exact) mass is 450 g/mol. The summed E-state index contributed by atoms with van der Waals surface area (Å²) in [7, 11) is 0. The molecule has 1 fully saturated rings. The van der Waals surface area contributed by atoms with Crippen molar-refractivity contribution in [3.63, 3.8) is 0 Å². The van der Waals surface area contributed by atoms with E-state index in [9.17, 15) is 18.0 Å². The molecule has 3 heterocycles. The smallest absolute Gasteiger partial charge is 0.356 e. The van der Waals surface area contributed by atoms with Gasteiger partial charge in [-0.05, 0) is 43.4 Å². The van der Waals surface area contributed by atoms with E-state index < -0.39 is 17.6 Å². The van der Waals surface area contributed by atoms with Gasteiger partial charge in [0, 0.05) is 25.2 Å². The molecule has 1 saturated heterocycles. The number of amides is 1. The summed E-state index contributed by atoms with van der Waals surface area (Å²) in [6.07, 6.45) is 1.49. The summed E-state index contributed by atoms with van der Waals surface area (Å²) in [6, 6.07) is 4.14. The van der Waals surface area contributed by atoms with E-state index in [0.29, 0.717) is 17.3 Å². The van der Waals surface area contributed by atoms with Crippen molar-refractivity contribution in [3.05, 3.63) is 41.6 Å². The number of carbonyl (C=O) groups excluding carboxylic acids is 1. The molecule has 0 unspecified atom stereocenters. The maximum Gasteiger partial charge on any atom is 0.416 e. The van der Waals surface area contributed by atoms with Crippen molar-refractivity contribution in [1.29, 1.82) is 0 Å². The highest BCUT2D eigenvalue weighted by atomic mass is 32.2. The largest absolute Gasteiger partial charge is 0.416 e. The number of benzene rings is 1. The fourth-order valence-corrected chi connectivity index (χ4v) is 3.89. The highest BCUT2D eigenvalue weighted by Gasteiger charge is 2.30. The standard InChI is InChI=1S/C20H21F3N6OS/c1-31-19-26-16(28-9-2-3-10-28)15-12-25-29(17(15)27-19)11-8-24-18(30)13-4-6-14(7-5-13)20(21,22)23/h4-7,12H,2-3,8-11H2,1H3,(H,24,30). The van der Waals surface area contributed by atoms with E-state index >= 15 is 0 Å². The molecule has 0 aliphatic carbocycles. The van der Waals surface area contributed by atoms with Crippen molar-refractivity contribution < 1.29 is 18.0 Å². The first kappa shape index (κ1) is 21.4. The van der Waals surface area contributed by atoms with Crippen LogP contribution in [0.3, 0.4) is 0 Å². The zero-order valence-corrected chi connectivity index (χ0v) is 17.6. The predicted octanol–water partition coefficient (Wildman–Crippen LogP) is 3.60. The van der Waals surface area contributed by atoms with Crippen LogP contribution in [0, 0.1) is 0 Å². The first-order valence-electron chi connectivity index (χ1n) is 9.85. The Bertz CT molecular complexity index is 1080. The lowest BCUT2D eigenvalue weighted by Crippen LogP contribution is -2.27. The van der Waals surface area contributed by atoms with Gasteiger partial charge in [-0.1, -0.05) is 11.8 Å². The number of anilines is 1. The molecule has 1 aliphatic rings. The minimum Gasteiger partial charge on any atom is -0.356 e. The third-order valence-corrected chi connectivity index (χ3v) is 5.68. The van der Waals surface area contributed by atoms with E-state index in [4.69, 9.17) is 0 Å². The number of fused-ring (bicyclic) bond motifs is 1. The summed E-state index contributed by atoms with van der Waals surface area (Å²) >= 11 is 1.46. The number of nitrogens with zero attached hydrogens (tertiary/aromatic N) is 5. The molecule has 1 N–H and O–H groups in total. The molecule has 0 atom stereocenters. The molecule has 0 radical (unpaired) electrons. The Kier molecular flexibility index (Phi) is 6.03. The molecule has 1 aliphatic heterocycles. The molecule has 2 aromatic heterocycles. The molecule has 7 nitrogen and oxygen atoms in total. The fourth-order valence-electron chi connectivity index (χ4n) is 3.53. The van der Waals surface area contributed by atoms with Crippen molar-refractivity contribution in [2.24, 2.45) is 0 Å². The van der Waals surface area contributed by atoms with Gasteiger partial charge in [0.1, 0.15) is 5.82 Å². The molecule has 3 aromatic rings. The number of thioether (sulfide) groups is 1. The molecular weight excluding hydrogens is 429 g/mol. The Labute approximate surface area is 181 Å². The van der Waals surface area contributed by atoms with E-state index in [0.717, 1.165) is 49.3 Å². The Hall–Kier alpha value is -2.82. The Morgan fingerprint density at radius 3 is 2.52 bits per heavy atom. The van der Waals surface area contributed by atoms with Crippen LogP contribution < -0.4 is 10.2 Å². The molecule has 164 valence electrons. The second kappa shape index (κ2) is 8.74. The number of rotatable bonds is 6. The van der Waals surface area contributed by atoms with Gasteiger partial charge in [0.25, 0.3) is 5.91 Å². The first-order chi connectivity index (χ1) is 14.9. The van der Waals surface area contributed by atoms with Crippen LogP contribution in [0.15, 0.2) is 35.6 Å². The highest BCUT2D eigenvalue weighted by molar-refractivity contribution is 7.98. The maximum atomic E-state index is 12.7. The Morgan fingerprint density at radius 1 is 1.16 bits per heavy atom. The lowest BCUT2D eigenvalue weighted by molar-refractivity contribution is -0.137. The van der Waals surface area contributed by atoms with Crippen LogP contribution in [-0.2, 0) is 12.7 Å². The summed E-state index contributed by atoms with van der Waals surface area (Å²) in [5.41, 5.74) is 0.0804. The van der Waals surface area contributed by atoms with Gasteiger partial charge in [0.05, 0.1) is 23.7 Å². The second-order valence-electron chi connectivity index (χ2n) is 7.16. The fraction of sp³-hybridized carbons (Fsp3) is 0.400. The van der Waals surface area contributed by atoms with Crippen molar-refractivity contribution in [3.8, 4) is 0 Å². The van der Waals surface area contributed by atoms with E-state index in [1.165, 1.54) is 23.9 Å². The van der Waals surface area contributed by atoms with Crippen molar-refractivity contribution >= 4 is 34.5 Å². The minimum atomic E-state index is -4.43. The summed E-state index contributed by atoms with van der Waals surface area (Å²) in [5, 5.41) is 8.66. The number of halogens is 3. The number of aromatic nitrogens is 4. The van der Waals surface area contributed by atoms with Crippen LogP contribution in [0.5, 0.6) is 0 Å². The third-order valence-electron chi connectivity index (χ3n) is 5.13. The van der Waals surface area contributed by atoms with Crippen LogP contribution in [0.1, 0.15) is 28.8 Å². The summed E-state index contributed by atoms with van der Waals surface area (Å²) < 4.78 is 39.7. The van der Waals surface area contributed by atoms with Crippen molar-refractivity contribution in [1.82, 2.24) is 25.1 Å². The van der Waals surface area contributed by atoms with Crippen LogP contribution in [0.4, 0.5) is 19.0 Å². The zero-order valence-electron chi connectivity index (χ0n) is 16.8. The van der Waals surface area contributed by atoms with E-state index in [1.807, 2.05) is 6.26 Å². The SMILES string of the molecule is CSc1nc(N2CCCC2)c2cnn(CCNC(=O)c3ccc(C(F)(F)F)cc3)c2n1. The number of hydrogen-bond acceptors (Lipinski definition) is 6. The summed E-state index contributed by atoms with van der Waals surface area (Å²) in [6.45, 7) is 2.54. The Morgan fingerprint density at radius 2 is 1.87 bits per heavy atom. The van der Waals surface area contributed by atoms with Crippen LogP contribution in [0.25, 0.3) is 11.0 Å². The van der Waals surface area contributed by atoms with Gasteiger partial charge in [-0.25, -0.2) is 14.6 Å². The van der Waals surface area contributed by atoms with Crippen LogP contribution in [-0.4, -0.2) is 51.5 Å². The lowest BCUT2D eigenvalue weighted by Gasteiger charge is -2.17. The zero-order chi connectivity index (χ0) is 22.0. The molecule has 0 spiro atoms. The van der Waals surface area contributed by atoms with Crippen molar-refractivity contribution in [2.45, 2.75) is 30.7 Å². The highest BCUT2D eigenvalue weighted by Crippen LogP contribution is 2.30. The average Bonchev–Trinajstić information content (AvgIpc) is 3.43. The topological polar surface area (TPSA) is 75.9 Å². The number of alkyl halides is 3. The number of hydrogen-bond donors (Lipinski definition) is 1. The number of carbonyl (C=O) groups is 1. The average molecular weight is 450 g/mol. The first-order valence-corrected chi connectivity index (χ1v) is 11.1. The van der Waals surface area contributed by atoms with E-state index in [-0.39, 0.29) is 12.1 Å².